The van der Waals surface area contributed by atoms with Crippen molar-refractivity contribution in [1.29, 1.82) is 0 Å². The number of pyridine rings is 1. The van der Waals surface area contributed by atoms with Gasteiger partial charge in [-0.05, 0) is 61.9 Å². The van der Waals surface area contributed by atoms with Gasteiger partial charge < -0.3 is 10.6 Å². The van der Waals surface area contributed by atoms with Crippen LogP contribution < -0.4 is 10.6 Å². The minimum Gasteiger partial charge on any atom is -0.382 e. The maximum absolute atomic E-state index is 4.77. The molecule has 1 fully saturated rings. The van der Waals surface area contributed by atoms with Crippen LogP contribution in [0.1, 0.15) is 55.9 Å². The summed E-state index contributed by atoms with van der Waals surface area (Å²) in [6, 6.07) is 15.5. The number of H-pyrrole nitrogens is 1. The molecule has 5 rings (SSSR count). The lowest BCUT2D eigenvalue weighted by molar-refractivity contribution is 0.737. The van der Waals surface area contributed by atoms with Crippen LogP contribution in [0, 0.1) is 19.8 Å². The standard InChI is InChI=1S/C26H27N5.C4H10/c1-16-4-6-19(7-5-16)14-28-26-22-13-21(24-10-11-29-31-24)17(2)12-25(22)27-15-23(26)18(3)30-20-8-9-20;1-4(2)3/h4-7,10-13,15,20,30H,3,8-9,14H2,1-2H3,(H,27,28)(H,29,31);4H,1-3H3. The first-order chi connectivity index (χ1) is 16.8. The monoisotopic (exact) mass is 467 g/mol. The molecule has 3 N–H and O–H groups in total. The first-order valence-corrected chi connectivity index (χ1v) is 12.5. The summed E-state index contributed by atoms with van der Waals surface area (Å²) in [5.41, 5.74) is 9.77. The Kier molecular flexibility index (Phi) is 7.54. The molecule has 0 saturated heterocycles. The van der Waals surface area contributed by atoms with Gasteiger partial charge in [0, 0.05) is 47.2 Å². The van der Waals surface area contributed by atoms with Gasteiger partial charge in [0.05, 0.1) is 16.9 Å². The fourth-order valence-electron chi connectivity index (χ4n) is 3.91. The van der Waals surface area contributed by atoms with Crippen LogP contribution in [0.25, 0.3) is 27.9 Å². The van der Waals surface area contributed by atoms with Crippen molar-refractivity contribution in [2.24, 2.45) is 5.92 Å². The van der Waals surface area contributed by atoms with Gasteiger partial charge in [0.1, 0.15) is 0 Å². The van der Waals surface area contributed by atoms with E-state index in [9.17, 15) is 0 Å². The summed E-state index contributed by atoms with van der Waals surface area (Å²) in [7, 11) is 0. The van der Waals surface area contributed by atoms with Crippen molar-refractivity contribution in [3.05, 3.63) is 83.7 Å². The Morgan fingerprint density at radius 3 is 2.43 bits per heavy atom. The Labute approximate surface area is 209 Å². The second-order valence-electron chi connectivity index (χ2n) is 10.2. The molecule has 0 amide bonds. The molecule has 5 heteroatoms. The average molecular weight is 468 g/mol. The molecular weight excluding hydrogens is 430 g/mol. The van der Waals surface area contributed by atoms with Crippen LogP contribution in [0.15, 0.2) is 61.4 Å². The average Bonchev–Trinajstić information content (AvgIpc) is 3.46. The molecule has 35 heavy (non-hydrogen) atoms. The fourth-order valence-corrected chi connectivity index (χ4v) is 3.91. The Balaban J connectivity index is 0.000000672. The maximum atomic E-state index is 4.77. The number of aromatic amines is 1. The van der Waals surface area contributed by atoms with Crippen molar-refractivity contribution >= 4 is 22.3 Å². The van der Waals surface area contributed by atoms with Crippen molar-refractivity contribution in [2.75, 3.05) is 5.32 Å². The summed E-state index contributed by atoms with van der Waals surface area (Å²) in [4.78, 5) is 4.77. The molecular formula is C30H37N5. The highest BCUT2D eigenvalue weighted by Crippen LogP contribution is 2.35. The van der Waals surface area contributed by atoms with Crippen molar-refractivity contribution in [3.8, 4) is 11.3 Å². The van der Waals surface area contributed by atoms with Crippen LogP contribution >= 0.6 is 0 Å². The predicted molar refractivity (Wildman–Crippen MR) is 148 cm³/mol. The van der Waals surface area contributed by atoms with Crippen molar-refractivity contribution in [1.82, 2.24) is 20.5 Å². The molecule has 1 saturated carbocycles. The molecule has 5 nitrogen and oxygen atoms in total. The summed E-state index contributed by atoms with van der Waals surface area (Å²) in [6.07, 6.45) is 6.13. The maximum Gasteiger partial charge on any atom is 0.0726 e. The number of rotatable bonds is 7. The molecule has 1 aliphatic rings. The third-order valence-corrected chi connectivity index (χ3v) is 5.88. The van der Waals surface area contributed by atoms with E-state index >= 15 is 0 Å². The number of aromatic nitrogens is 3. The van der Waals surface area contributed by atoms with Gasteiger partial charge >= 0.3 is 0 Å². The molecule has 0 spiro atoms. The molecule has 4 aromatic rings. The number of nitrogens with one attached hydrogen (secondary N) is 3. The first kappa shape index (κ1) is 24.5. The first-order valence-electron chi connectivity index (χ1n) is 12.5. The molecule has 182 valence electrons. The van der Waals surface area contributed by atoms with E-state index in [2.05, 4.69) is 98.4 Å². The predicted octanol–water partition coefficient (Wildman–Crippen LogP) is 7.24. The lowest BCUT2D eigenvalue weighted by atomic mass is 9.99. The summed E-state index contributed by atoms with van der Waals surface area (Å²) >= 11 is 0. The van der Waals surface area contributed by atoms with Crippen LogP contribution in [0.5, 0.6) is 0 Å². The second kappa shape index (κ2) is 10.8. The Hall–Kier alpha value is -3.60. The van der Waals surface area contributed by atoms with E-state index in [1.54, 1.807) is 6.20 Å². The van der Waals surface area contributed by atoms with Crippen molar-refractivity contribution in [3.63, 3.8) is 0 Å². The molecule has 0 unspecified atom stereocenters. The normalized spacial score (nSPS) is 12.9. The number of nitrogens with zero attached hydrogens (tertiary/aromatic N) is 2. The lowest BCUT2D eigenvalue weighted by Crippen LogP contribution is -2.15. The van der Waals surface area contributed by atoms with Gasteiger partial charge in [-0.15, -0.1) is 0 Å². The summed E-state index contributed by atoms with van der Waals surface area (Å²) < 4.78 is 0. The zero-order chi connectivity index (χ0) is 24.9. The van der Waals surface area contributed by atoms with Gasteiger partial charge in [-0.3, -0.25) is 10.1 Å². The number of anilines is 1. The third-order valence-electron chi connectivity index (χ3n) is 5.88. The van der Waals surface area contributed by atoms with E-state index in [1.807, 2.05) is 12.3 Å². The van der Waals surface area contributed by atoms with Gasteiger partial charge in [0.25, 0.3) is 0 Å². The van der Waals surface area contributed by atoms with Crippen molar-refractivity contribution < 1.29 is 0 Å². The highest BCUT2D eigenvalue weighted by Gasteiger charge is 2.23. The Morgan fingerprint density at radius 2 is 1.80 bits per heavy atom. The fraction of sp³-hybridized carbons (Fsp3) is 0.333. The van der Waals surface area contributed by atoms with E-state index in [0.717, 1.165) is 57.1 Å². The van der Waals surface area contributed by atoms with E-state index in [-0.39, 0.29) is 0 Å². The van der Waals surface area contributed by atoms with Gasteiger partial charge in [0.15, 0.2) is 0 Å². The number of hydrogen-bond acceptors (Lipinski definition) is 4. The zero-order valence-electron chi connectivity index (χ0n) is 21.6. The topological polar surface area (TPSA) is 65.6 Å². The number of aryl methyl sites for hydroxylation is 2. The Morgan fingerprint density at radius 1 is 1.09 bits per heavy atom. The SMILES string of the molecule is C=C(NC1CC1)c1cnc2cc(C)c(-c3ccn[nH]3)cc2c1NCc1ccc(C)cc1.CC(C)C. The minimum atomic E-state index is 0.534. The van der Waals surface area contributed by atoms with E-state index in [1.165, 1.54) is 24.0 Å². The molecule has 2 aromatic heterocycles. The summed E-state index contributed by atoms with van der Waals surface area (Å²) in [6.45, 7) is 15.8. The van der Waals surface area contributed by atoms with Crippen LogP contribution in [0.4, 0.5) is 5.69 Å². The number of hydrogen-bond donors (Lipinski definition) is 3. The number of fused-ring (bicyclic) bond motifs is 1. The summed E-state index contributed by atoms with van der Waals surface area (Å²) in [5, 5.41) is 15.5. The third kappa shape index (κ3) is 6.30. The van der Waals surface area contributed by atoms with Crippen LogP contribution in [0.3, 0.4) is 0 Å². The van der Waals surface area contributed by atoms with Gasteiger partial charge in [-0.25, -0.2) is 0 Å². The van der Waals surface area contributed by atoms with Gasteiger partial charge in [-0.1, -0.05) is 57.2 Å². The van der Waals surface area contributed by atoms with Gasteiger partial charge in [-0.2, -0.15) is 5.10 Å². The molecule has 0 atom stereocenters. The molecule has 2 heterocycles. The highest BCUT2D eigenvalue weighted by molar-refractivity contribution is 5.99. The Bertz CT molecular complexity index is 1280. The smallest absolute Gasteiger partial charge is 0.0726 e. The largest absolute Gasteiger partial charge is 0.382 e. The molecule has 2 aromatic carbocycles. The minimum absolute atomic E-state index is 0.534. The highest BCUT2D eigenvalue weighted by atomic mass is 15.1. The van der Waals surface area contributed by atoms with Crippen LogP contribution in [0.2, 0.25) is 0 Å². The van der Waals surface area contributed by atoms with Gasteiger partial charge in [0.2, 0.25) is 0 Å². The van der Waals surface area contributed by atoms with E-state index in [0.29, 0.717) is 6.04 Å². The van der Waals surface area contributed by atoms with Crippen molar-refractivity contribution in [2.45, 2.75) is 60.0 Å². The molecule has 1 aliphatic carbocycles. The summed E-state index contributed by atoms with van der Waals surface area (Å²) in [5.74, 6) is 0.833. The second-order valence-corrected chi connectivity index (χ2v) is 10.2. The van der Waals surface area contributed by atoms with Crippen LogP contribution in [-0.2, 0) is 6.54 Å². The molecule has 0 aliphatic heterocycles. The molecule has 0 bridgehead atoms. The molecule has 0 radical (unpaired) electrons. The van der Waals surface area contributed by atoms with E-state index < -0.39 is 0 Å². The van der Waals surface area contributed by atoms with E-state index in [4.69, 9.17) is 4.98 Å². The van der Waals surface area contributed by atoms with Crippen LogP contribution in [-0.4, -0.2) is 21.2 Å². The lowest BCUT2D eigenvalue weighted by Gasteiger charge is -2.18. The number of benzene rings is 2. The zero-order valence-corrected chi connectivity index (χ0v) is 21.6. The quantitative estimate of drug-likeness (QED) is 0.268.